The predicted molar refractivity (Wildman–Crippen MR) is 92.9 cm³/mol. The molecule has 1 aromatic heterocycles. The number of nitrogens with zero attached hydrogens (tertiary/aromatic N) is 3. The zero-order valence-corrected chi connectivity index (χ0v) is 14.3. The third-order valence-corrected chi connectivity index (χ3v) is 4.29. The number of hydrogen-bond acceptors (Lipinski definition) is 4. The number of pyridine rings is 1. The Labute approximate surface area is 153 Å². The van der Waals surface area contributed by atoms with E-state index >= 15 is 0 Å². The van der Waals surface area contributed by atoms with Gasteiger partial charge in [0, 0.05) is 49.8 Å². The van der Waals surface area contributed by atoms with Crippen molar-refractivity contribution in [3.8, 4) is 0 Å². The molecular formula is C18H18F4N4O. The summed E-state index contributed by atoms with van der Waals surface area (Å²) in [5, 5.41) is 2.50. The molecule has 2 aromatic rings. The zero-order valence-electron chi connectivity index (χ0n) is 14.3. The van der Waals surface area contributed by atoms with Crippen molar-refractivity contribution >= 4 is 17.3 Å². The summed E-state index contributed by atoms with van der Waals surface area (Å²) in [5.41, 5.74) is 0.0368. The molecule has 1 aliphatic rings. The van der Waals surface area contributed by atoms with Crippen molar-refractivity contribution < 1.29 is 22.4 Å². The summed E-state index contributed by atoms with van der Waals surface area (Å²) >= 11 is 0. The van der Waals surface area contributed by atoms with E-state index < -0.39 is 17.7 Å². The van der Waals surface area contributed by atoms with Crippen LogP contribution in [0.4, 0.5) is 28.9 Å². The van der Waals surface area contributed by atoms with Crippen LogP contribution >= 0.6 is 0 Å². The van der Waals surface area contributed by atoms with Gasteiger partial charge >= 0.3 is 6.18 Å². The van der Waals surface area contributed by atoms with E-state index in [0.29, 0.717) is 26.2 Å². The van der Waals surface area contributed by atoms with Crippen LogP contribution in [-0.4, -0.2) is 48.5 Å². The molecule has 0 aliphatic carbocycles. The van der Waals surface area contributed by atoms with Gasteiger partial charge in [-0.15, -0.1) is 0 Å². The lowest BCUT2D eigenvalue weighted by molar-refractivity contribution is -0.137. The van der Waals surface area contributed by atoms with Crippen LogP contribution in [0.15, 0.2) is 42.6 Å². The van der Waals surface area contributed by atoms with Gasteiger partial charge in [0.05, 0.1) is 12.1 Å². The maximum absolute atomic E-state index is 13.2. The van der Waals surface area contributed by atoms with E-state index in [0.717, 1.165) is 17.8 Å². The van der Waals surface area contributed by atoms with E-state index in [1.165, 1.54) is 24.4 Å². The molecule has 2 heterocycles. The highest BCUT2D eigenvalue weighted by Gasteiger charge is 2.30. The minimum absolute atomic E-state index is 0.0782. The SMILES string of the molecule is O=C(CN1CCN(c2ccnc(F)c2)CC1)Nc1cccc(C(F)(F)F)c1. The molecule has 1 fully saturated rings. The van der Waals surface area contributed by atoms with Crippen molar-refractivity contribution in [2.45, 2.75) is 6.18 Å². The number of anilines is 2. The lowest BCUT2D eigenvalue weighted by Gasteiger charge is -2.35. The summed E-state index contributed by atoms with van der Waals surface area (Å²) in [4.78, 5) is 19.5. The number of aromatic nitrogens is 1. The fourth-order valence-corrected chi connectivity index (χ4v) is 2.93. The average molecular weight is 382 g/mol. The quantitative estimate of drug-likeness (QED) is 0.653. The Morgan fingerprint density at radius 1 is 1.11 bits per heavy atom. The van der Waals surface area contributed by atoms with Crippen molar-refractivity contribution in [2.75, 3.05) is 42.9 Å². The van der Waals surface area contributed by atoms with Crippen LogP contribution < -0.4 is 10.2 Å². The van der Waals surface area contributed by atoms with Crippen molar-refractivity contribution in [1.29, 1.82) is 0 Å². The van der Waals surface area contributed by atoms with Gasteiger partial charge in [-0.25, -0.2) is 4.98 Å². The van der Waals surface area contributed by atoms with Crippen LogP contribution in [-0.2, 0) is 11.0 Å². The molecular weight excluding hydrogens is 364 g/mol. The normalized spacial score (nSPS) is 15.6. The molecule has 0 unspecified atom stereocenters. The smallest absolute Gasteiger partial charge is 0.369 e. The Hall–Kier alpha value is -2.68. The zero-order chi connectivity index (χ0) is 19.4. The summed E-state index contributed by atoms with van der Waals surface area (Å²) < 4.78 is 51.4. The first kappa shape index (κ1) is 19.1. The molecule has 1 aromatic carbocycles. The van der Waals surface area contributed by atoms with E-state index in [1.54, 1.807) is 6.07 Å². The minimum atomic E-state index is -4.45. The van der Waals surface area contributed by atoms with Crippen LogP contribution in [0.25, 0.3) is 0 Å². The van der Waals surface area contributed by atoms with E-state index in [2.05, 4.69) is 10.3 Å². The molecule has 0 radical (unpaired) electrons. The van der Waals surface area contributed by atoms with Crippen molar-refractivity contribution in [3.05, 3.63) is 54.1 Å². The Bertz CT molecular complexity index is 804. The largest absolute Gasteiger partial charge is 0.416 e. The fraction of sp³-hybridized carbons (Fsp3) is 0.333. The molecule has 144 valence electrons. The molecule has 0 bridgehead atoms. The number of halogens is 4. The molecule has 0 spiro atoms. The Balaban J connectivity index is 1.51. The standard InChI is InChI=1S/C18H18F4N4O/c19-16-11-15(4-5-23-16)26-8-6-25(7-9-26)12-17(27)24-14-3-1-2-13(10-14)18(20,21)22/h1-5,10-11H,6-9,12H2,(H,24,27). The van der Waals surface area contributed by atoms with Crippen molar-refractivity contribution in [2.24, 2.45) is 0 Å². The Morgan fingerprint density at radius 3 is 2.52 bits per heavy atom. The minimum Gasteiger partial charge on any atom is -0.369 e. The van der Waals surface area contributed by atoms with Gasteiger partial charge in [-0.3, -0.25) is 9.69 Å². The first-order valence-corrected chi connectivity index (χ1v) is 8.37. The van der Waals surface area contributed by atoms with Crippen LogP contribution in [0.3, 0.4) is 0 Å². The summed E-state index contributed by atoms with van der Waals surface area (Å²) in [7, 11) is 0. The predicted octanol–water partition coefficient (Wildman–Crippen LogP) is 3.00. The molecule has 1 aliphatic heterocycles. The van der Waals surface area contributed by atoms with Crippen LogP contribution in [0.1, 0.15) is 5.56 Å². The highest BCUT2D eigenvalue weighted by molar-refractivity contribution is 5.92. The second kappa shape index (κ2) is 7.91. The first-order chi connectivity index (χ1) is 12.8. The molecule has 1 saturated heterocycles. The molecule has 0 atom stereocenters. The molecule has 1 amide bonds. The monoisotopic (exact) mass is 382 g/mol. The highest BCUT2D eigenvalue weighted by atomic mass is 19.4. The average Bonchev–Trinajstić information content (AvgIpc) is 2.62. The summed E-state index contributed by atoms with van der Waals surface area (Å²) in [5.74, 6) is -0.923. The number of piperazine rings is 1. The molecule has 3 rings (SSSR count). The molecule has 27 heavy (non-hydrogen) atoms. The number of amides is 1. The fourth-order valence-electron chi connectivity index (χ4n) is 2.93. The van der Waals surface area contributed by atoms with E-state index in [4.69, 9.17) is 0 Å². The first-order valence-electron chi connectivity index (χ1n) is 8.37. The van der Waals surface area contributed by atoms with E-state index in [9.17, 15) is 22.4 Å². The summed E-state index contributed by atoms with van der Waals surface area (Å²) in [6, 6.07) is 7.62. The maximum Gasteiger partial charge on any atom is 0.416 e. The van der Waals surface area contributed by atoms with Gasteiger partial charge in [-0.1, -0.05) is 6.07 Å². The number of carbonyl (C=O) groups excluding carboxylic acids is 1. The molecule has 1 N–H and O–H groups in total. The maximum atomic E-state index is 13.2. The molecule has 5 nitrogen and oxygen atoms in total. The van der Waals surface area contributed by atoms with E-state index in [1.807, 2.05) is 9.80 Å². The second-order valence-electron chi connectivity index (χ2n) is 6.23. The summed E-state index contributed by atoms with van der Waals surface area (Å²) in [6.07, 6.45) is -3.05. The highest BCUT2D eigenvalue weighted by Crippen LogP contribution is 2.30. The van der Waals surface area contributed by atoms with E-state index in [-0.39, 0.29) is 18.1 Å². The van der Waals surface area contributed by atoms with Gasteiger partial charge < -0.3 is 10.2 Å². The molecule has 9 heteroatoms. The van der Waals surface area contributed by atoms with Gasteiger partial charge in [0.15, 0.2) is 0 Å². The lowest BCUT2D eigenvalue weighted by atomic mass is 10.2. The van der Waals surface area contributed by atoms with Gasteiger partial charge in [0.1, 0.15) is 0 Å². The van der Waals surface area contributed by atoms with Gasteiger partial charge in [-0.2, -0.15) is 17.6 Å². The van der Waals surface area contributed by atoms with Crippen LogP contribution in [0, 0.1) is 5.95 Å². The summed E-state index contributed by atoms with van der Waals surface area (Å²) in [6.45, 7) is 2.47. The van der Waals surface area contributed by atoms with Crippen LogP contribution in [0.5, 0.6) is 0 Å². The van der Waals surface area contributed by atoms with Gasteiger partial charge in [-0.05, 0) is 24.3 Å². The second-order valence-corrected chi connectivity index (χ2v) is 6.23. The van der Waals surface area contributed by atoms with Gasteiger partial charge in [0.25, 0.3) is 0 Å². The number of rotatable bonds is 4. The molecule has 0 saturated carbocycles. The number of hydrogen-bond donors (Lipinski definition) is 1. The van der Waals surface area contributed by atoms with Crippen LogP contribution in [0.2, 0.25) is 0 Å². The third kappa shape index (κ3) is 5.16. The topological polar surface area (TPSA) is 48.5 Å². The number of nitrogens with one attached hydrogen (secondary N) is 1. The number of benzene rings is 1. The number of alkyl halides is 3. The van der Waals surface area contributed by atoms with Crippen molar-refractivity contribution in [1.82, 2.24) is 9.88 Å². The number of carbonyl (C=O) groups is 1. The lowest BCUT2D eigenvalue weighted by Crippen LogP contribution is -2.48. The third-order valence-electron chi connectivity index (χ3n) is 4.29. The van der Waals surface area contributed by atoms with Gasteiger partial charge in [0.2, 0.25) is 11.9 Å². The Morgan fingerprint density at radius 2 is 1.85 bits per heavy atom. The van der Waals surface area contributed by atoms with Crippen molar-refractivity contribution in [3.63, 3.8) is 0 Å². The Kier molecular flexibility index (Phi) is 5.59.